The molecule has 0 atom stereocenters. The Hall–Kier alpha value is -4.15. The van der Waals surface area contributed by atoms with Crippen molar-refractivity contribution < 1.29 is 14.3 Å². The Morgan fingerprint density at radius 3 is 2.00 bits per heavy atom. The van der Waals surface area contributed by atoms with Crippen LogP contribution in [0.3, 0.4) is 0 Å². The van der Waals surface area contributed by atoms with Crippen molar-refractivity contribution in [3.63, 3.8) is 0 Å². The van der Waals surface area contributed by atoms with Gasteiger partial charge in [0.25, 0.3) is 5.54 Å². The predicted octanol–water partition coefficient (Wildman–Crippen LogP) is 5.33. The standard InChI is InChI=1S/C34H38N4O3/c1-3-41-31(39)19-23-37-27-38(30-17-11-6-12-18-30)33(32(37)40)20-24-36(25-21-33)26-22-34(35-2,28-13-7-4-8-14-28)29-15-9-5-10-16-29/h4-18H,3,19-27H2,1H3. The molecular formula is C34H38N4O3. The molecule has 0 aromatic heterocycles. The van der Waals surface area contributed by atoms with Crippen LogP contribution in [0.5, 0.6) is 0 Å². The van der Waals surface area contributed by atoms with Crippen molar-refractivity contribution >= 4 is 17.6 Å². The molecule has 5 rings (SSSR count). The number of hydrogen-bond acceptors (Lipinski definition) is 5. The average molecular weight is 551 g/mol. The topological polar surface area (TPSA) is 57.5 Å². The zero-order valence-electron chi connectivity index (χ0n) is 23.7. The fourth-order valence-electron chi connectivity index (χ4n) is 6.37. The van der Waals surface area contributed by atoms with Crippen molar-refractivity contribution in [2.45, 2.75) is 43.7 Å². The second-order valence-electron chi connectivity index (χ2n) is 10.9. The molecule has 0 bridgehead atoms. The van der Waals surface area contributed by atoms with E-state index in [-0.39, 0.29) is 18.3 Å². The summed E-state index contributed by atoms with van der Waals surface area (Å²) in [4.78, 5) is 36.7. The maximum absolute atomic E-state index is 14.0. The van der Waals surface area contributed by atoms with Crippen LogP contribution in [0.25, 0.3) is 4.85 Å². The van der Waals surface area contributed by atoms with E-state index in [0.29, 0.717) is 39.1 Å². The lowest BCUT2D eigenvalue weighted by Gasteiger charge is -2.43. The van der Waals surface area contributed by atoms with E-state index in [4.69, 9.17) is 11.3 Å². The number of amides is 1. The third kappa shape index (κ3) is 5.71. The van der Waals surface area contributed by atoms with Crippen molar-refractivity contribution in [1.29, 1.82) is 0 Å². The fourth-order valence-corrected chi connectivity index (χ4v) is 6.37. The van der Waals surface area contributed by atoms with Gasteiger partial charge in [-0.3, -0.25) is 14.4 Å². The molecule has 0 N–H and O–H groups in total. The molecule has 1 spiro atoms. The first-order valence-electron chi connectivity index (χ1n) is 14.5. The van der Waals surface area contributed by atoms with E-state index in [9.17, 15) is 9.59 Å². The third-order valence-corrected chi connectivity index (χ3v) is 8.64. The average Bonchev–Trinajstić information content (AvgIpc) is 3.29. The smallest absolute Gasteiger partial charge is 0.307 e. The molecule has 3 aromatic carbocycles. The monoisotopic (exact) mass is 550 g/mol. The third-order valence-electron chi connectivity index (χ3n) is 8.64. The Morgan fingerprint density at radius 1 is 0.902 bits per heavy atom. The maximum Gasteiger partial charge on any atom is 0.307 e. The van der Waals surface area contributed by atoms with Crippen LogP contribution in [0.1, 0.15) is 43.7 Å². The molecule has 3 aromatic rings. The summed E-state index contributed by atoms with van der Waals surface area (Å²) in [6.45, 7) is 13.5. The van der Waals surface area contributed by atoms with Gasteiger partial charge in [-0.05, 0) is 31.9 Å². The number of carbonyl (C=O) groups excluding carboxylic acids is 2. The lowest BCUT2D eigenvalue weighted by Crippen LogP contribution is -2.56. The summed E-state index contributed by atoms with van der Waals surface area (Å²) in [6, 6.07) is 30.3. The summed E-state index contributed by atoms with van der Waals surface area (Å²) in [5, 5.41) is 0. The maximum atomic E-state index is 14.0. The number of ether oxygens (including phenoxy) is 1. The van der Waals surface area contributed by atoms with Crippen LogP contribution < -0.4 is 4.90 Å². The minimum atomic E-state index is -0.763. The van der Waals surface area contributed by atoms with E-state index >= 15 is 0 Å². The van der Waals surface area contributed by atoms with Crippen LogP contribution in [0.2, 0.25) is 0 Å². The molecule has 0 unspecified atom stereocenters. The minimum Gasteiger partial charge on any atom is -0.466 e. The highest BCUT2D eigenvalue weighted by molar-refractivity contribution is 5.93. The van der Waals surface area contributed by atoms with Gasteiger partial charge in [0.2, 0.25) is 5.91 Å². The summed E-state index contributed by atoms with van der Waals surface area (Å²) >= 11 is 0. The Kier molecular flexibility index (Phi) is 8.70. The SMILES string of the molecule is [C-]#[N+]C(CCN1CCC2(CC1)C(=O)N(CCC(=O)OCC)CN2c1ccccc1)(c1ccccc1)c1ccccc1. The molecule has 2 fully saturated rings. The highest BCUT2D eigenvalue weighted by atomic mass is 16.5. The highest BCUT2D eigenvalue weighted by Gasteiger charge is 2.54. The van der Waals surface area contributed by atoms with E-state index in [1.54, 1.807) is 6.92 Å². The number of piperidine rings is 1. The van der Waals surface area contributed by atoms with Crippen molar-refractivity contribution in [3.05, 3.63) is 114 Å². The van der Waals surface area contributed by atoms with Gasteiger partial charge in [-0.1, -0.05) is 78.9 Å². The molecule has 7 heteroatoms. The number of likely N-dealkylation sites (tertiary alicyclic amines) is 1. The summed E-state index contributed by atoms with van der Waals surface area (Å²) in [7, 11) is 0. The quantitative estimate of drug-likeness (QED) is 0.252. The van der Waals surface area contributed by atoms with Gasteiger partial charge in [-0.15, -0.1) is 0 Å². The number of esters is 1. The van der Waals surface area contributed by atoms with Crippen molar-refractivity contribution in [3.8, 4) is 0 Å². The Labute approximate surface area is 243 Å². The normalized spacial score (nSPS) is 17.0. The number of anilines is 1. The van der Waals surface area contributed by atoms with E-state index in [1.807, 2.05) is 59.5 Å². The zero-order valence-corrected chi connectivity index (χ0v) is 23.7. The summed E-state index contributed by atoms with van der Waals surface area (Å²) in [5.41, 5.74) is 1.64. The molecule has 2 aliphatic heterocycles. The van der Waals surface area contributed by atoms with Crippen LogP contribution in [-0.2, 0) is 19.9 Å². The zero-order chi connectivity index (χ0) is 28.7. The van der Waals surface area contributed by atoms with Gasteiger partial charge < -0.3 is 19.4 Å². The van der Waals surface area contributed by atoms with Gasteiger partial charge in [0.1, 0.15) is 5.54 Å². The summed E-state index contributed by atoms with van der Waals surface area (Å²) < 4.78 is 5.11. The second kappa shape index (κ2) is 12.6. The van der Waals surface area contributed by atoms with Crippen molar-refractivity contribution in [2.75, 3.05) is 44.4 Å². The Balaban J connectivity index is 1.32. The van der Waals surface area contributed by atoms with Gasteiger partial charge in [0.15, 0.2) is 0 Å². The van der Waals surface area contributed by atoms with E-state index in [0.717, 1.165) is 36.4 Å². The van der Waals surface area contributed by atoms with Gasteiger partial charge in [-0.2, -0.15) is 0 Å². The number of rotatable bonds is 10. The number of para-hydroxylation sites is 1. The molecule has 1 amide bonds. The highest BCUT2D eigenvalue weighted by Crippen LogP contribution is 2.41. The lowest BCUT2D eigenvalue weighted by molar-refractivity contribution is -0.144. The molecular weight excluding hydrogens is 512 g/mol. The van der Waals surface area contributed by atoms with Crippen LogP contribution in [-0.4, -0.2) is 66.7 Å². The lowest BCUT2D eigenvalue weighted by atomic mass is 9.80. The number of nitrogens with zero attached hydrogens (tertiary/aromatic N) is 4. The molecule has 2 aliphatic rings. The Bertz CT molecular complexity index is 1310. The molecule has 7 nitrogen and oxygen atoms in total. The number of hydrogen-bond donors (Lipinski definition) is 0. The predicted molar refractivity (Wildman–Crippen MR) is 160 cm³/mol. The first-order valence-corrected chi connectivity index (χ1v) is 14.5. The van der Waals surface area contributed by atoms with Crippen LogP contribution >= 0.6 is 0 Å². The van der Waals surface area contributed by atoms with Crippen LogP contribution in [0, 0.1) is 6.57 Å². The summed E-state index contributed by atoms with van der Waals surface area (Å²) in [6.07, 6.45) is 2.25. The van der Waals surface area contributed by atoms with Crippen molar-refractivity contribution in [1.82, 2.24) is 9.80 Å². The van der Waals surface area contributed by atoms with Crippen LogP contribution in [0.15, 0.2) is 91.0 Å². The van der Waals surface area contributed by atoms with E-state index in [1.165, 1.54) is 0 Å². The fraction of sp³-hybridized carbons (Fsp3) is 0.382. The number of benzene rings is 3. The van der Waals surface area contributed by atoms with Gasteiger partial charge in [-0.25, -0.2) is 6.57 Å². The first-order chi connectivity index (χ1) is 20.0. The molecule has 2 saturated heterocycles. The second-order valence-corrected chi connectivity index (χ2v) is 10.9. The Morgan fingerprint density at radius 2 is 1.46 bits per heavy atom. The molecule has 212 valence electrons. The van der Waals surface area contributed by atoms with Crippen LogP contribution in [0.4, 0.5) is 5.69 Å². The molecule has 2 heterocycles. The number of carbonyl (C=O) groups is 2. The van der Waals surface area contributed by atoms with E-state index < -0.39 is 11.1 Å². The van der Waals surface area contributed by atoms with Crippen molar-refractivity contribution in [2.24, 2.45) is 0 Å². The molecule has 0 saturated carbocycles. The molecule has 0 radical (unpaired) electrons. The molecule has 41 heavy (non-hydrogen) atoms. The largest absolute Gasteiger partial charge is 0.466 e. The van der Waals surface area contributed by atoms with E-state index in [2.05, 4.69) is 51.0 Å². The van der Waals surface area contributed by atoms with Gasteiger partial charge in [0, 0.05) is 49.4 Å². The summed E-state index contributed by atoms with van der Waals surface area (Å²) in [5.74, 6) is -0.183. The minimum absolute atomic E-state index is 0.0920. The molecule has 0 aliphatic carbocycles. The van der Waals surface area contributed by atoms with Gasteiger partial charge >= 0.3 is 5.97 Å². The van der Waals surface area contributed by atoms with Gasteiger partial charge in [0.05, 0.1) is 19.7 Å². The first kappa shape index (κ1) is 28.4.